The summed E-state index contributed by atoms with van der Waals surface area (Å²) >= 11 is 1.44. The fraction of sp³-hybridized carbons (Fsp3) is 0.188. The first-order valence-corrected chi connectivity index (χ1v) is 7.80. The van der Waals surface area contributed by atoms with E-state index in [-0.39, 0.29) is 11.6 Å². The highest BCUT2D eigenvalue weighted by molar-refractivity contribution is 7.98. The second-order valence-electron chi connectivity index (χ2n) is 4.34. The summed E-state index contributed by atoms with van der Waals surface area (Å²) in [5.41, 5.74) is 1.12. The van der Waals surface area contributed by atoms with Gasteiger partial charge in [-0.3, -0.25) is 0 Å². The van der Waals surface area contributed by atoms with Crippen molar-refractivity contribution in [2.75, 3.05) is 14.2 Å². The van der Waals surface area contributed by atoms with Crippen molar-refractivity contribution in [1.29, 1.82) is 0 Å². The van der Waals surface area contributed by atoms with E-state index in [9.17, 15) is 9.59 Å². The van der Waals surface area contributed by atoms with Gasteiger partial charge in [-0.25, -0.2) is 14.6 Å². The molecule has 2 aromatic rings. The van der Waals surface area contributed by atoms with Crippen molar-refractivity contribution < 1.29 is 28.5 Å². The van der Waals surface area contributed by atoms with Crippen LogP contribution in [0.5, 0.6) is 11.6 Å². The van der Waals surface area contributed by atoms with E-state index < -0.39 is 12.3 Å². The summed E-state index contributed by atoms with van der Waals surface area (Å²) in [5, 5.41) is 0.593. The number of carbonyl (C=O) groups excluding carboxylic acids is 2. The lowest BCUT2D eigenvalue weighted by atomic mass is 10.2. The number of nitrogens with zero attached hydrogens (tertiary/aromatic N) is 1. The molecule has 0 unspecified atom stereocenters. The van der Waals surface area contributed by atoms with E-state index in [0.717, 1.165) is 12.7 Å². The summed E-state index contributed by atoms with van der Waals surface area (Å²) in [6, 6.07) is 12.9. The molecule has 0 radical (unpaired) electrons. The maximum Gasteiger partial charge on any atom is 0.515 e. The van der Waals surface area contributed by atoms with Crippen LogP contribution < -0.4 is 9.47 Å². The third kappa shape index (κ3) is 5.17. The molecule has 1 heterocycles. The molecule has 0 aliphatic heterocycles. The van der Waals surface area contributed by atoms with Crippen LogP contribution >= 0.6 is 11.8 Å². The van der Waals surface area contributed by atoms with E-state index in [0.29, 0.717) is 10.8 Å². The molecule has 7 nitrogen and oxygen atoms in total. The highest BCUT2D eigenvalue weighted by Crippen LogP contribution is 2.30. The number of rotatable bonds is 5. The first-order chi connectivity index (χ1) is 11.6. The molecule has 8 heteroatoms. The summed E-state index contributed by atoms with van der Waals surface area (Å²) in [6.45, 7) is 0. The monoisotopic (exact) mass is 349 g/mol. The zero-order valence-electron chi connectivity index (χ0n) is 13.1. The van der Waals surface area contributed by atoms with E-state index in [1.165, 1.54) is 24.9 Å². The van der Waals surface area contributed by atoms with Crippen LogP contribution in [0.2, 0.25) is 0 Å². The summed E-state index contributed by atoms with van der Waals surface area (Å²) in [5.74, 6) is 0.463. The fourth-order valence-corrected chi connectivity index (χ4v) is 2.44. The quantitative estimate of drug-likeness (QED) is 0.597. The largest absolute Gasteiger partial charge is 0.515 e. The van der Waals surface area contributed by atoms with Gasteiger partial charge in [-0.15, -0.1) is 11.8 Å². The van der Waals surface area contributed by atoms with Crippen LogP contribution in [0.3, 0.4) is 0 Å². The number of thioether (sulfide) groups is 1. The molecule has 1 aromatic carbocycles. The molecule has 24 heavy (non-hydrogen) atoms. The third-order valence-electron chi connectivity index (χ3n) is 2.74. The number of hydrogen-bond acceptors (Lipinski definition) is 8. The minimum atomic E-state index is -0.970. The van der Waals surface area contributed by atoms with Crippen molar-refractivity contribution in [3.63, 3.8) is 0 Å². The maximum absolute atomic E-state index is 11.3. The van der Waals surface area contributed by atoms with Crippen LogP contribution in [0.1, 0.15) is 5.56 Å². The Morgan fingerprint density at radius 1 is 0.958 bits per heavy atom. The number of benzene rings is 1. The van der Waals surface area contributed by atoms with Crippen molar-refractivity contribution in [3.8, 4) is 11.6 Å². The summed E-state index contributed by atoms with van der Waals surface area (Å²) in [4.78, 5) is 26.7. The lowest BCUT2D eigenvalue weighted by molar-refractivity contribution is 0.109. The van der Waals surface area contributed by atoms with E-state index in [1.807, 2.05) is 30.3 Å². The number of aromatic nitrogens is 1. The van der Waals surface area contributed by atoms with Gasteiger partial charge in [0.1, 0.15) is 5.03 Å². The number of ether oxygens (including phenoxy) is 4. The average Bonchev–Trinajstić information content (AvgIpc) is 2.62. The molecule has 0 bridgehead atoms. The van der Waals surface area contributed by atoms with Gasteiger partial charge in [0, 0.05) is 5.75 Å². The summed E-state index contributed by atoms with van der Waals surface area (Å²) < 4.78 is 18.6. The first kappa shape index (κ1) is 17.6. The van der Waals surface area contributed by atoms with Gasteiger partial charge in [-0.2, -0.15) is 0 Å². The van der Waals surface area contributed by atoms with Crippen LogP contribution in [-0.4, -0.2) is 31.5 Å². The number of pyridine rings is 1. The van der Waals surface area contributed by atoms with Gasteiger partial charge >= 0.3 is 12.3 Å². The Bertz CT molecular complexity index is 707. The molecule has 0 N–H and O–H groups in total. The Morgan fingerprint density at radius 2 is 1.62 bits per heavy atom. The second kappa shape index (κ2) is 8.78. The molecule has 0 amide bonds. The maximum atomic E-state index is 11.3. The normalized spacial score (nSPS) is 9.92. The van der Waals surface area contributed by atoms with E-state index in [4.69, 9.17) is 9.47 Å². The molecular formula is C16H15NO6S. The van der Waals surface area contributed by atoms with Crippen LogP contribution in [0.4, 0.5) is 9.59 Å². The molecule has 0 aliphatic rings. The van der Waals surface area contributed by atoms with Crippen molar-refractivity contribution in [2.45, 2.75) is 10.8 Å². The van der Waals surface area contributed by atoms with Crippen molar-refractivity contribution >= 4 is 24.1 Å². The highest BCUT2D eigenvalue weighted by Gasteiger charge is 2.17. The van der Waals surface area contributed by atoms with Crippen molar-refractivity contribution in [3.05, 3.63) is 48.0 Å². The third-order valence-corrected chi connectivity index (χ3v) is 3.74. The Hall–Kier alpha value is -2.74. The Morgan fingerprint density at radius 3 is 2.29 bits per heavy atom. The van der Waals surface area contributed by atoms with Gasteiger partial charge in [0.05, 0.1) is 14.2 Å². The molecular weight excluding hydrogens is 334 g/mol. The predicted molar refractivity (Wildman–Crippen MR) is 86.3 cm³/mol. The van der Waals surface area contributed by atoms with Gasteiger partial charge in [-0.1, -0.05) is 30.3 Å². The second-order valence-corrected chi connectivity index (χ2v) is 5.34. The minimum absolute atomic E-state index is 0.0451. The number of carbonyl (C=O) groups is 2. The van der Waals surface area contributed by atoms with Crippen LogP contribution in [-0.2, 0) is 15.2 Å². The van der Waals surface area contributed by atoms with Gasteiger partial charge in [0.25, 0.3) is 5.88 Å². The van der Waals surface area contributed by atoms with E-state index in [2.05, 4.69) is 14.5 Å². The minimum Gasteiger partial charge on any atom is -0.437 e. The fourth-order valence-electron chi connectivity index (χ4n) is 1.63. The average molecular weight is 349 g/mol. The summed E-state index contributed by atoms with van der Waals surface area (Å²) in [7, 11) is 2.33. The van der Waals surface area contributed by atoms with E-state index >= 15 is 0 Å². The molecule has 2 rings (SSSR count). The molecule has 0 fully saturated rings. The van der Waals surface area contributed by atoms with Gasteiger partial charge in [0.2, 0.25) is 0 Å². The van der Waals surface area contributed by atoms with Crippen molar-refractivity contribution in [1.82, 2.24) is 4.98 Å². The van der Waals surface area contributed by atoms with Gasteiger partial charge in [-0.05, 0) is 17.7 Å². The molecule has 0 atom stereocenters. The van der Waals surface area contributed by atoms with Crippen LogP contribution in [0.25, 0.3) is 0 Å². The smallest absolute Gasteiger partial charge is 0.437 e. The lowest BCUT2D eigenvalue weighted by Crippen LogP contribution is -2.13. The predicted octanol–water partition coefficient (Wildman–Crippen LogP) is 3.66. The Labute approximate surface area is 142 Å². The molecule has 126 valence electrons. The van der Waals surface area contributed by atoms with E-state index in [1.54, 1.807) is 6.07 Å². The molecule has 0 spiro atoms. The molecule has 1 aromatic heterocycles. The molecule has 0 saturated carbocycles. The zero-order chi connectivity index (χ0) is 17.4. The van der Waals surface area contributed by atoms with Crippen molar-refractivity contribution in [2.24, 2.45) is 0 Å². The standard InChI is InChI=1S/C16H15NO6S/c1-20-15(18)22-12-8-9-13(17-14(12)23-16(19)21-2)24-10-11-6-4-3-5-7-11/h3-9H,10H2,1-2H3. The highest BCUT2D eigenvalue weighted by atomic mass is 32.2. The molecule has 0 saturated heterocycles. The topological polar surface area (TPSA) is 84.0 Å². The SMILES string of the molecule is COC(=O)Oc1ccc(SCc2ccccc2)nc1OC(=O)OC. The van der Waals surface area contributed by atoms with Crippen LogP contribution in [0.15, 0.2) is 47.5 Å². The zero-order valence-corrected chi connectivity index (χ0v) is 13.9. The first-order valence-electron chi connectivity index (χ1n) is 6.81. The van der Waals surface area contributed by atoms with Crippen LogP contribution in [0, 0.1) is 0 Å². The number of methoxy groups -OCH3 is 2. The lowest BCUT2D eigenvalue weighted by Gasteiger charge is -2.09. The molecule has 0 aliphatic carbocycles. The summed E-state index contributed by atoms with van der Waals surface area (Å²) in [6.07, 6.45) is -1.92. The van der Waals surface area contributed by atoms with Gasteiger partial charge < -0.3 is 18.9 Å². The Balaban J connectivity index is 2.15. The van der Waals surface area contributed by atoms with Gasteiger partial charge in [0.15, 0.2) is 5.75 Å². The number of hydrogen-bond donors (Lipinski definition) is 0. The Kier molecular flexibility index (Phi) is 6.44.